The highest BCUT2D eigenvalue weighted by Gasteiger charge is 2.21. The molecule has 0 spiro atoms. The van der Waals surface area contributed by atoms with Crippen LogP contribution in [0.15, 0.2) is 60.7 Å². The molecule has 10 heteroatoms. The number of fused-ring (bicyclic) bond motifs is 2. The van der Waals surface area contributed by atoms with E-state index in [0.717, 1.165) is 56.1 Å². The predicted molar refractivity (Wildman–Crippen MR) is 163 cm³/mol. The molecule has 0 bridgehead atoms. The van der Waals surface area contributed by atoms with Crippen LogP contribution in [0.2, 0.25) is 5.02 Å². The number of halogens is 1. The Morgan fingerprint density at radius 1 is 1.07 bits per heavy atom. The zero-order valence-corrected chi connectivity index (χ0v) is 24.4. The van der Waals surface area contributed by atoms with Crippen molar-refractivity contribution in [2.45, 2.75) is 25.7 Å². The number of unbranched alkanes of at least 4 members (excludes halogenated alkanes) is 1. The number of likely N-dealkylation sites (N-methyl/N-ethyl adjacent to an activating group) is 1. The van der Waals surface area contributed by atoms with Crippen molar-refractivity contribution < 1.29 is 29.3 Å². The lowest BCUT2D eigenvalue weighted by Gasteiger charge is -2.28. The topological polar surface area (TPSA) is 123 Å². The van der Waals surface area contributed by atoms with Crippen molar-refractivity contribution in [3.8, 4) is 24.2 Å². The zero-order valence-electron chi connectivity index (χ0n) is 23.7. The van der Waals surface area contributed by atoms with Crippen LogP contribution in [0.25, 0.3) is 0 Å². The SMILES string of the molecule is C#CCOCCOc1ccc2c(c1)CCc1ccc(Cl)cc1N2CCCCN(C)C/C=C/C#N.O=C(O)/C=C\C(=O)O. The van der Waals surface area contributed by atoms with E-state index in [1.807, 2.05) is 24.3 Å². The summed E-state index contributed by atoms with van der Waals surface area (Å²) in [6.07, 6.45) is 13.8. The van der Waals surface area contributed by atoms with Crippen LogP contribution < -0.4 is 9.64 Å². The Kier molecular flexibility index (Phi) is 15.3. The van der Waals surface area contributed by atoms with Gasteiger partial charge in [0.1, 0.15) is 19.0 Å². The van der Waals surface area contributed by atoms with Gasteiger partial charge in [0, 0.05) is 47.7 Å². The number of aliphatic carboxylic acids is 2. The average molecular weight is 594 g/mol. The predicted octanol–water partition coefficient (Wildman–Crippen LogP) is 5.11. The molecule has 2 aromatic carbocycles. The third kappa shape index (κ3) is 12.5. The molecule has 42 heavy (non-hydrogen) atoms. The minimum absolute atomic E-state index is 0.301. The number of carbonyl (C=O) groups is 2. The van der Waals surface area contributed by atoms with E-state index in [1.54, 1.807) is 0 Å². The Morgan fingerprint density at radius 3 is 2.50 bits per heavy atom. The smallest absolute Gasteiger partial charge is 0.328 e. The quantitative estimate of drug-likeness (QED) is 0.133. The third-order valence-corrected chi connectivity index (χ3v) is 6.41. The molecular formula is C32H36ClN3O6. The van der Waals surface area contributed by atoms with Crippen LogP contribution in [0.5, 0.6) is 5.75 Å². The van der Waals surface area contributed by atoms with E-state index in [2.05, 4.69) is 47.0 Å². The lowest BCUT2D eigenvalue weighted by atomic mass is 10.0. The Bertz CT molecular complexity index is 1310. The molecule has 2 N–H and O–H groups in total. The van der Waals surface area contributed by atoms with Gasteiger partial charge < -0.3 is 29.5 Å². The number of nitriles is 1. The number of hydrogen-bond acceptors (Lipinski definition) is 7. The number of aryl methyl sites for hydroxylation is 2. The first kappa shape index (κ1) is 33.9. The van der Waals surface area contributed by atoms with Gasteiger partial charge in [-0.1, -0.05) is 29.7 Å². The van der Waals surface area contributed by atoms with E-state index in [0.29, 0.717) is 32.0 Å². The summed E-state index contributed by atoms with van der Waals surface area (Å²) in [7, 11) is 2.08. The number of ether oxygens (including phenoxy) is 2. The number of nitrogens with zero attached hydrogens (tertiary/aromatic N) is 3. The van der Waals surface area contributed by atoms with Gasteiger partial charge in [0.15, 0.2) is 0 Å². The molecule has 0 aromatic heterocycles. The average Bonchev–Trinajstić information content (AvgIpc) is 3.10. The Morgan fingerprint density at radius 2 is 1.81 bits per heavy atom. The number of hydrogen-bond donors (Lipinski definition) is 2. The number of benzene rings is 2. The lowest BCUT2D eigenvalue weighted by Crippen LogP contribution is -2.23. The van der Waals surface area contributed by atoms with Crippen molar-refractivity contribution in [1.82, 2.24) is 4.90 Å². The number of anilines is 2. The number of terminal acetylenes is 1. The highest BCUT2D eigenvalue weighted by atomic mass is 35.5. The van der Waals surface area contributed by atoms with Crippen LogP contribution in [0.4, 0.5) is 11.4 Å². The molecule has 0 fully saturated rings. The summed E-state index contributed by atoms with van der Waals surface area (Å²) in [5.74, 6) is 0.792. The van der Waals surface area contributed by atoms with Crippen molar-refractivity contribution in [2.75, 3.05) is 51.4 Å². The standard InChI is InChI=1S/C28H32ClN3O2.C4H4O4/c1-3-18-33-19-20-34-26-12-13-27-24(21-26)9-8-23-10-11-25(29)22-28(23)32(27)17-7-6-16-31(2)15-5-4-14-30;5-3(6)1-2-4(7)8/h1,4-5,10-13,21-22H,6-9,15-20H2,2H3;1-2H,(H,5,6)(H,7,8)/b5-4+;2-1-. The molecule has 2 aromatic rings. The molecule has 9 nitrogen and oxygen atoms in total. The number of rotatable bonds is 14. The molecular weight excluding hydrogens is 558 g/mol. The van der Waals surface area contributed by atoms with Gasteiger partial charge in [-0.25, -0.2) is 9.59 Å². The maximum absolute atomic E-state index is 9.55. The van der Waals surface area contributed by atoms with Gasteiger partial charge in [0.25, 0.3) is 0 Å². The fraction of sp³-hybridized carbons (Fsp3) is 0.344. The van der Waals surface area contributed by atoms with Crippen molar-refractivity contribution in [3.05, 3.63) is 76.9 Å². The summed E-state index contributed by atoms with van der Waals surface area (Å²) in [4.78, 5) is 23.7. The highest BCUT2D eigenvalue weighted by molar-refractivity contribution is 6.30. The van der Waals surface area contributed by atoms with Crippen LogP contribution in [-0.2, 0) is 27.2 Å². The van der Waals surface area contributed by atoms with E-state index >= 15 is 0 Å². The molecule has 1 heterocycles. The van der Waals surface area contributed by atoms with Crippen LogP contribution in [0.1, 0.15) is 24.0 Å². The molecule has 0 amide bonds. The van der Waals surface area contributed by atoms with E-state index in [-0.39, 0.29) is 0 Å². The minimum Gasteiger partial charge on any atom is -0.491 e. The van der Waals surface area contributed by atoms with Gasteiger partial charge in [-0.3, -0.25) is 0 Å². The van der Waals surface area contributed by atoms with E-state index in [9.17, 15) is 9.59 Å². The first-order chi connectivity index (χ1) is 20.2. The van der Waals surface area contributed by atoms with Crippen LogP contribution in [-0.4, -0.2) is 73.6 Å². The lowest BCUT2D eigenvalue weighted by molar-refractivity contribution is -0.134. The molecule has 0 saturated carbocycles. The maximum atomic E-state index is 9.55. The summed E-state index contributed by atoms with van der Waals surface area (Å²) in [6, 6.07) is 14.6. The van der Waals surface area contributed by atoms with Crippen molar-refractivity contribution in [3.63, 3.8) is 0 Å². The van der Waals surface area contributed by atoms with Gasteiger partial charge in [-0.15, -0.1) is 6.42 Å². The molecule has 1 aliphatic rings. The van der Waals surface area contributed by atoms with Crippen LogP contribution in [0, 0.1) is 23.7 Å². The second-order valence-electron chi connectivity index (χ2n) is 9.33. The number of carboxylic acid groups (broad SMARTS) is 2. The van der Waals surface area contributed by atoms with E-state index in [1.165, 1.54) is 28.6 Å². The summed E-state index contributed by atoms with van der Waals surface area (Å²) >= 11 is 6.40. The van der Waals surface area contributed by atoms with Gasteiger partial charge in [0.2, 0.25) is 0 Å². The molecule has 0 aliphatic carbocycles. The Hall–Kier alpha value is -4.28. The molecule has 0 radical (unpaired) electrons. The fourth-order valence-corrected chi connectivity index (χ4v) is 4.44. The fourth-order valence-electron chi connectivity index (χ4n) is 4.28. The summed E-state index contributed by atoms with van der Waals surface area (Å²) in [5.41, 5.74) is 4.98. The Balaban J connectivity index is 0.000000675. The summed E-state index contributed by atoms with van der Waals surface area (Å²) in [5, 5.41) is 25.0. The van der Waals surface area contributed by atoms with E-state index < -0.39 is 11.9 Å². The molecule has 0 unspecified atom stereocenters. The highest BCUT2D eigenvalue weighted by Crippen LogP contribution is 2.39. The molecule has 1 aliphatic heterocycles. The minimum atomic E-state index is -1.26. The van der Waals surface area contributed by atoms with Gasteiger partial charge in [-0.05, 0) is 80.7 Å². The zero-order chi connectivity index (χ0) is 30.7. The number of carboxylic acids is 2. The molecule has 3 rings (SSSR count). The van der Waals surface area contributed by atoms with Gasteiger partial charge in [0.05, 0.1) is 12.7 Å². The summed E-state index contributed by atoms with van der Waals surface area (Å²) < 4.78 is 11.2. The second-order valence-corrected chi connectivity index (χ2v) is 9.77. The molecule has 0 atom stereocenters. The normalized spacial score (nSPS) is 12.1. The number of allylic oxidation sites excluding steroid dienone is 1. The maximum Gasteiger partial charge on any atom is 0.328 e. The largest absolute Gasteiger partial charge is 0.491 e. The first-order valence-corrected chi connectivity index (χ1v) is 13.8. The van der Waals surface area contributed by atoms with Crippen LogP contribution in [0.3, 0.4) is 0 Å². The molecule has 0 saturated heterocycles. The van der Waals surface area contributed by atoms with Crippen LogP contribution >= 0.6 is 11.6 Å². The Labute approximate surface area is 252 Å². The summed E-state index contributed by atoms with van der Waals surface area (Å²) in [6.45, 7) is 3.91. The third-order valence-electron chi connectivity index (χ3n) is 6.17. The van der Waals surface area contributed by atoms with E-state index in [4.69, 9.17) is 43.0 Å². The van der Waals surface area contributed by atoms with Crippen molar-refractivity contribution >= 4 is 34.9 Å². The van der Waals surface area contributed by atoms with Crippen molar-refractivity contribution in [1.29, 1.82) is 5.26 Å². The second kappa shape index (κ2) is 19.0. The first-order valence-electron chi connectivity index (χ1n) is 13.4. The van der Waals surface area contributed by atoms with Gasteiger partial charge in [-0.2, -0.15) is 5.26 Å². The van der Waals surface area contributed by atoms with Crippen molar-refractivity contribution in [2.24, 2.45) is 0 Å². The molecule has 222 valence electrons. The monoisotopic (exact) mass is 593 g/mol. The van der Waals surface area contributed by atoms with Gasteiger partial charge >= 0.3 is 11.9 Å².